The summed E-state index contributed by atoms with van der Waals surface area (Å²) < 4.78 is 32.8. The molecule has 0 radical (unpaired) electrons. The molecule has 0 amide bonds. The molecule has 0 fully saturated rings. The molecule has 0 aliphatic heterocycles. The molecular weight excluding hydrogens is 415 g/mol. The smallest absolute Gasteiger partial charge is 0.311 e. The van der Waals surface area contributed by atoms with Crippen molar-refractivity contribution in [3.05, 3.63) is 60.2 Å². The number of esters is 1. The summed E-state index contributed by atoms with van der Waals surface area (Å²) in [4.78, 5) is 12.4. The molecule has 0 heterocycles. The van der Waals surface area contributed by atoms with Crippen LogP contribution < -0.4 is 0 Å². The Kier molecular flexibility index (Phi) is 9.74. The van der Waals surface area contributed by atoms with Crippen molar-refractivity contribution in [2.24, 2.45) is 11.8 Å². The summed E-state index contributed by atoms with van der Waals surface area (Å²) in [6.45, 7) is 2.80. The third-order valence-corrected chi connectivity index (χ3v) is 5.55. The van der Waals surface area contributed by atoms with Gasteiger partial charge in [-0.1, -0.05) is 61.4 Å². The zero-order valence-corrected chi connectivity index (χ0v) is 19.2. The molecule has 1 N–H and O–H groups in total. The first-order chi connectivity index (χ1) is 14.7. The normalized spacial score (nSPS) is 13.4. The van der Waals surface area contributed by atoms with Crippen LogP contribution in [0.15, 0.2) is 54.6 Å². The van der Waals surface area contributed by atoms with Gasteiger partial charge in [-0.3, -0.25) is 8.98 Å². The molecule has 6 nitrogen and oxygen atoms in total. The van der Waals surface area contributed by atoms with Crippen molar-refractivity contribution in [1.82, 2.24) is 0 Å². The lowest BCUT2D eigenvalue weighted by Crippen LogP contribution is -2.28. The predicted molar refractivity (Wildman–Crippen MR) is 123 cm³/mol. The zero-order valence-electron chi connectivity index (χ0n) is 18.4. The van der Waals surface area contributed by atoms with Crippen LogP contribution in [0.25, 0.3) is 11.1 Å². The molecular formula is C23H31BO6S. The molecule has 0 spiro atoms. The van der Waals surface area contributed by atoms with Gasteiger partial charge in [0.25, 0.3) is 17.0 Å². The fourth-order valence-electron chi connectivity index (χ4n) is 3.64. The molecule has 0 unspecified atom stereocenters. The number of ether oxygens (including phenoxy) is 1. The van der Waals surface area contributed by atoms with E-state index in [4.69, 9.17) is 8.92 Å². The molecule has 0 aromatic heterocycles. The summed E-state index contributed by atoms with van der Waals surface area (Å²) in [5, 5.41) is 9.96. The number of carbonyl (C=O) groups excluding carboxylic acids is 1. The third-order valence-electron chi connectivity index (χ3n) is 4.98. The van der Waals surface area contributed by atoms with Crippen LogP contribution in [0.1, 0.15) is 18.9 Å². The van der Waals surface area contributed by atoms with E-state index in [1.165, 1.54) is 0 Å². The van der Waals surface area contributed by atoms with Gasteiger partial charge in [-0.05, 0) is 48.7 Å². The first kappa shape index (κ1) is 25.1. The Morgan fingerprint density at radius 1 is 1.06 bits per heavy atom. The van der Waals surface area contributed by atoms with Gasteiger partial charge in [-0.15, -0.1) is 0 Å². The highest BCUT2D eigenvalue weighted by molar-refractivity contribution is 7.85. The topological polar surface area (TPSA) is 89.9 Å². The fraction of sp³-hybridized carbons (Fsp3) is 0.435. The van der Waals surface area contributed by atoms with Gasteiger partial charge in [0.05, 0.1) is 25.4 Å². The van der Waals surface area contributed by atoms with Gasteiger partial charge >= 0.3 is 5.97 Å². The third kappa shape index (κ3) is 9.25. The number of benzene rings is 2. The van der Waals surface area contributed by atoms with E-state index in [0.717, 1.165) is 22.9 Å². The molecule has 2 atom stereocenters. The summed E-state index contributed by atoms with van der Waals surface area (Å²) in [7, 11) is -3.67. The lowest BCUT2D eigenvalue weighted by molar-refractivity contribution is -0.149. The molecule has 168 valence electrons. The average molecular weight is 446 g/mol. The van der Waals surface area contributed by atoms with Crippen LogP contribution in [0.3, 0.4) is 0 Å². The summed E-state index contributed by atoms with van der Waals surface area (Å²) in [6, 6.07) is 18.3. The highest BCUT2D eigenvalue weighted by Gasteiger charge is 2.27. The Morgan fingerprint density at radius 3 is 2.23 bits per heavy atom. The van der Waals surface area contributed by atoms with Gasteiger partial charge in [0.1, 0.15) is 0 Å². The van der Waals surface area contributed by atoms with Crippen molar-refractivity contribution < 1.29 is 27.2 Å². The number of hydrogen-bond donors (Lipinski definition) is 1. The Morgan fingerprint density at radius 2 is 1.68 bits per heavy atom. The van der Waals surface area contributed by atoms with Crippen LogP contribution in [-0.4, -0.2) is 45.8 Å². The molecule has 8 heteroatoms. The molecule has 0 saturated heterocycles. The standard InChI is InChI=1S/C23H31BO6S/c1-4-29-23(25)22(17-30-31(3,27)28)15-19(16-24(2)26)14-18-10-12-21(13-11-18)20-8-6-5-7-9-20/h5-13,19,22,26H,4,14-17H2,1-3H3/t19-,22+/m1/s1. The van der Waals surface area contributed by atoms with Crippen molar-refractivity contribution in [2.45, 2.75) is 32.9 Å². The molecule has 0 aliphatic rings. The van der Waals surface area contributed by atoms with E-state index in [-0.39, 0.29) is 19.1 Å². The van der Waals surface area contributed by atoms with Crippen LogP contribution in [-0.2, 0) is 30.3 Å². The molecule has 2 aromatic rings. The second kappa shape index (κ2) is 12.0. The van der Waals surface area contributed by atoms with E-state index in [9.17, 15) is 18.2 Å². The van der Waals surface area contributed by atoms with E-state index in [2.05, 4.69) is 24.3 Å². The lowest BCUT2D eigenvalue weighted by atomic mass is 9.62. The van der Waals surface area contributed by atoms with Crippen molar-refractivity contribution >= 4 is 23.0 Å². The SMILES string of the molecule is CCOC(=O)[C@H](COS(C)(=O)=O)C[C@H](CB(C)O)Cc1ccc(-c2ccccc2)cc1. The molecule has 2 aromatic carbocycles. The van der Waals surface area contributed by atoms with E-state index < -0.39 is 28.9 Å². The average Bonchev–Trinajstić information content (AvgIpc) is 2.71. The second-order valence-electron chi connectivity index (χ2n) is 7.89. The number of rotatable bonds is 12. The molecule has 31 heavy (non-hydrogen) atoms. The largest absolute Gasteiger partial charge is 0.466 e. The first-order valence-corrected chi connectivity index (χ1v) is 12.3. The Bertz CT molecular complexity index is 913. The van der Waals surface area contributed by atoms with Crippen LogP contribution in [0.5, 0.6) is 0 Å². The van der Waals surface area contributed by atoms with Gasteiger partial charge in [-0.25, -0.2) is 0 Å². The van der Waals surface area contributed by atoms with Crippen LogP contribution in [0, 0.1) is 11.8 Å². The molecule has 0 bridgehead atoms. The maximum absolute atomic E-state index is 12.4. The van der Waals surface area contributed by atoms with Gasteiger partial charge < -0.3 is 9.76 Å². The van der Waals surface area contributed by atoms with Crippen LogP contribution in [0.4, 0.5) is 0 Å². The van der Waals surface area contributed by atoms with E-state index >= 15 is 0 Å². The highest BCUT2D eigenvalue weighted by Crippen LogP contribution is 2.26. The van der Waals surface area contributed by atoms with Crippen LogP contribution >= 0.6 is 0 Å². The molecule has 2 rings (SSSR count). The van der Waals surface area contributed by atoms with Crippen molar-refractivity contribution in [3.63, 3.8) is 0 Å². The van der Waals surface area contributed by atoms with Crippen molar-refractivity contribution in [3.8, 4) is 11.1 Å². The predicted octanol–water partition coefficient (Wildman–Crippen LogP) is 3.67. The quantitative estimate of drug-likeness (QED) is 0.304. The van der Waals surface area contributed by atoms with Crippen LogP contribution in [0.2, 0.25) is 13.1 Å². The summed E-state index contributed by atoms with van der Waals surface area (Å²) in [5.74, 6) is -1.25. The summed E-state index contributed by atoms with van der Waals surface area (Å²) >= 11 is 0. The van der Waals surface area contributed by atoms with Gasteiger partial charge in [0.2, 0.25) is 0 Å². The maximum atomic E-state index is 12.4. The molecule has 0 saturated carbocycles. The van der Waals surface area contributed by atoms with E-state index in [0.29, 0.717) is 19.2 Å². The molecule has 0 aliphatic carbocycles. The van der Waals surface area contributed by atoms with Crippen molar-refractivity contribution in [2.75, 3.05) is 19.5 Å². The Hall–Kier alpha value is -2.16. The van der Waals surface area contributed by atoms with Gasteiger partial charge in [-0.2, -0.15) is 8.42 Å². The van der Waals surface area contributed by atoms with E-state index in [1.54, 1.807) is 13.7 Å². The highest BCUT2D eigenvalue weighted by atomic mass is 32.2. The second-order valence-corrected chi connectivity index (χ2v) is 9.54. The lowest BCUT2D eigenvalue weighted by Gasteiger charge is -2.23. The Labute approximate surface area is 185 Å². The maximum Gasteiger partial charge on any atom is 0.311 e. The minimum atomic E-state index is -3.67. The monoisotopic (exact) mass is 446 g/mol. The minimum absolute atomic E-state index is 0.0415. The van der Waals surface area contributed by atoms with E-state index in [1.807, 2.05) is 30.3 Å². The first-order valence-electron chi connectivity index (χ1n) is 10.5. The number of carbonyl (C=O) groups is 1. The fourth-order valence-corrected chi connectivity index (χ4v) is 4.05. The summed E-state index contributed by atoms with van der Waals surface area (Å²) in [6.07, 6.45) is 2.44. The minimum Gasteiger partial charge on any atom is -0.466 e. The number of hydrogen-bond acceptors (Lipinski definition) is 6. The zero-order chi connectivity index (χ0) is 22.9. The van der Waals surface area contributed by atoms with Gasteiger partial charge in [0.15, 0.2) is 0 Å². The van der Waals surface area contributed by atoms with Gasteiger partial charge in [0, 0.05) is 0 Å². The summed E-state index contributed by atoms with van der Waals surface area (Å²) in [5.41, 5.74) is 3.33. The van der Waals surface area contributed by atoms with Crippen molar-refractivity contribution in [1.29, 1.82) is 0 Å². The Balaban J connectivity index is 2.13.